The van der Waals surface area contributed by atoms with Gasteiger partial charge >= 0.3 is 0 Å². The maximum atomic E-state index is 13.0. The molecule has 1 heterocycles. The van der Waals surface area contributed by atoms with Crippen LogP contribution < -0.4 is 9.47 Å². The summed E-state index contributed by atoms with van der Waals surface area (Å²) in [6, 6.07) is 13.6. The van der Waals surface area contributed by atoms with Gasteiger partial charge in [0.1, 0.15) is 17.3 Å². The number of unbranched alkanes of at least 4 members (excludes halogenated alkanes) is 2. The highest BCUT2D eigenvalue weighted by Gasteiger charge is 2.45. The van der Waals surface area contributed by atoms with E-state index in [9.17, 15) is 14.7 Å². The van der Waals surface area contributed by atoms with Crippen molar-refractivity contribution >= 4 is 17.4 Å². The first kappa shape index (κ1) is 23.4. The van der Waals surface area contributed by atoms with E-state index >= 15 is 0 Å². The molecule has 170 valence electrons. The quantitative estimate of drug-likeness (QED) is 0.242. The van der Waals surface area contributed by atoms with Crippen LogP contribution in [-0.4, -0.2) is 41.5 Å². The molecule has 3 rings (SSSR count). The Bertz CT molecular complexity index is 963. The minimum absolute atomic E-state index is 0.111. The number of aliphatic hydroxyl groups excluding tert-OH is 1. The van der Waals surface area contributed by atoms with Gasteiger partial charge in [-0.15, -0.1) is 0 Å². The number of nitrogens with zero attached hydrogens (tertiary/aromatic N) is 1. The molecular formula is C26H31NO5. The van der Waals surface area contributed by atoms with Gasteiger partial charge in [0.15, 0.2) is 0 Å². The number of carbonyl (C=O) groups excluding carboxylic acids is 2. The highest BCUT2D eigenvalue weighted by atomic mass is 16.5. The van der Waals surface area contributed by atoms with E-state index in [0.717, 1.165) is 24.8 Å². The highest BCUT2D eigenvalue weighted by Crippen LogP contribution is 2.40. The van der Waals surface area contributed by atoms with Gasteiger partial charge in [0.2, 0.25) is 0 Å². The number of benzene rings is 2. The van der Waals surface area contributed by atoms with Crippen molar-refractivity contribution in [3.05, 3.63) is 65.2 Å². The number of rotatable bonds is 10. The average Bonchev–Trinajstić information content (AvgIpc) is 3.05. The van der Waals surface area contributed by atoms with Gasteiger partial charge in [-0.3, -0.25) is 9.59 Å². The van der Waals surface area contributed by atoms with Crippen LogP contribution in [0.1, 0.15) is 57.2 Å². The van der Waals surface area contributed by atoms with Crippen molar-refractivity contribution < 1.29 is 24.2 Å². The van der Waals surface area contributed by atoms with E-state index in [1.165, 1.54) is 0 Å². The van der Waals surface area contributed by atoms with Crippen LogP contribution in [0.4, 0.5) is 0 Å². The van der Waals surface area contributed by atoms with Crippen LogP contribution in [0.25, 0.3) is 5.76 Å². The van der Waals surface area contributed by atoms with E-state index in [4.69, 9.17) is 9.47 Å². The Hall–Kier alpha value is -3.28. The summed E-state index contributed by atoms with van der Waals surface area (Å²) in [5.41, 5.74) is 1.34. The monoisotopic (exact) mass is 437 g/mol. The van der Waals surface area contributed by atoms with Crippen molar-refractivity contribution in [1.82, 2.24) is 4.90 Å². The summed E-state index contributed by atoms with van der Waals surface area (Å²) in [6.45, 7) is 7.43. The molecule has 2 aromatic rings. The average molecular weight is 438 g/mol. The standard InChI is InChI=1S/C26H31NO5/c1-4-7-8-17-27-23(18-9-13-20(14-10-18)31-5-2)22(25(29)26(27)30)24(28)19-11-15-21(16-12-19)32-6-3/h9-16,23,28H,4-8,17H2,1-3H3/b24-22-. The normalized spacial score (nSPS) is 17.6. The van der Waals surface area contributed by atoms with Crippen LogP contribution in [0.3, 0.4) is 0 Å². The number of Topliss-reactive ketones (excluding diaryl/α,β-unsaturated/α-hetero) is 1. The second-order valence-corrected chi connectivity index (χ2v) is 7.66. The lowest BCUT2D eigenvalue weighted by molar-refractivity contribution is -0.139. The molecule has 1 aliphatic heterocycles. The van der Waals surface area contributed by atoms with E-state index in [0.29, 0.717) is 36.8 Å². The first-order chi connectivity index (χ1) is 15.5. The van der Waals surface area contributed by atoms with Gasteiger partial charge in [-0.05, 0) is 62.2 Å². The predicted molar refractivity (Wildman–Crippen MR) is 124 cm³/mol. The third-order valence-corrected chi connectivity index (χ3v) is 5.49. The Morgan fingerprint density at radius 1 is 0.875 bits per heavy atom. The van der Waals surface area contributed by atoms with E-state index in [1.54, 1.807) is 29.2 Å². The summed E-state index contributed by atoms with van der Waals surface area (Å²) in [7, 11) is 0. The van der Waals surface area contributed by atoms with Gasteiger partial charge in [0.05, 0.1) is 24.8 Å². The zero-order chi connectivity index (χ0) is 23.1. The maximum Gasteiger partial charge on any atom is 0.295 e. The molecule has 0 radical (unpaired) electrons. The van der Waals surface area contributed by atoms with Crippen LogP contribution >= 0.6 is 0 Å². The maximum absolute atomic E-state index is 13.0. The minimum atomic E-state index is -0.660. The lowest BCUT2D eigenvalue weighted by Crippen LogP contribution is -2.30. The second-order valence-electron chi connectivity index (χ2n) is 7.66. The summed E-state index contributed by atoms with van der Waals surface area (Å²) in [5, 5.41) is 11.1. The third-order valence-electron chi connectivity index (χ3n) is 5.49. The molecule has 1 saturated heterocycles. The van der Waals surface area contributed by atoms with Crippen LogP contribution in [0.2, 0.25) is 0 Å². The second kappa shape index (κ2) is 10.8. The lowest BCUT2D eigenvalue weighted by Gasteiger charge is -2.25. The molecule has 0 saturated carbocycles. The van der Waals surface area contributed by atoms with Gasteiger partial charge in [0.25, 0.3) is 11.7 Å². The highest BCUT2D eigenvalue weighted by molar-refractivity contribution is 6.46. The molecule has 1 N–H and O–H groups in total. The van der Waals surface area contributed by atoms with Crippen molar-refractivity contribution in [3.8, 4) is 11.5 Å². The van der Waals surface area contributed by atoms with E-state index < -0.39 is 17.7 Å². The fourth-order valence-corrected chi connectivity index (χ4v) is 3.93. The predicted octanol–water partition coefficient (Wildman–Crippen LogP) is 5.10. The number of carbonyl (C=O) groups is 2. The van der Waals surface area contributed by atoms with Crippen molar-refractivity contribution in [3.63, 3.8) is 0 Å². The molecule has 6 heteroatoms. The van der Waals surface area contributed by atoms with Crippen LogP contribution in [0.15, 0.2) is 54.1 Å². The largest absolute Gasteiger partial charge is 0.507 e. The first-order valence-electron chi connectivity index (χ1n) is 11.3. The molecule has 0 aromatic heterocycles. The van der Waals surface area contributed by atoms with Crippen molar-refractivity contribution in [2.24, 2.45) is 0 Å². The molecule has 6 nitrogen and oxygen atoms in total. The van der Waals surface area contributed by atoms with Gasteiger partial charge in [-0.25, -0.2) is 0 Å². The molecular weight excluding hydrogens is 406 g/mol. The number of amides is 1. The molecule has 0 bridgehead atoms. The van der Waals surface area contributed by atoms with Crippen molar-refractivity contribution in [2.45, 2.75) is 46.1 Å². The van der Waals surface area contributed by atoms with E-state index in [-0.39, 0.29) is 11.3 Å². The van der Waals surface area contributed by atoms with E-state index in [2.05, 4.69) is 6.92 Å². The molecule has 32 heavy (non-hydrogen) atoms. The summed E-state index contributed by atoms with van der Waals surface area (Å²) in [5.74, 6) is -0.0275. The Morgan fingerprint density at radius 2 is 1.44 bits per heavy atom. The SMILES string of the molecule is CCCCCN1C(=O)C(=O)/C(=C(\O)c2ccc(OCC)cc2)C1c1ccc(OCC)cc1. The van der Waals surface area contributed by atoms with Crippen molar-refractivity contribution in [1.29, 1.82) is 0 Å². The molecule has 1 unspecified atom stereocenters. The van der Waals surface area contributed by atoms with Crippen molar-refractivity contribution in [2.75, 3.05) is 19.8 Å². The smallest absolute Gasteiger partial charge is 0.295 e. The molecule has 0 spiro atoms. The topological polar surface area (TPSA) is 76.1 Å². The number of ketones is 1. The van der Waals surface area contributed by atoms with Gasteiger partial charge in [0, 0.05) is 12.1 Å². The van der Waals surface area contributed by atoms with E-state index in [1.807, 2.05) is 38.1 Å². The van der Waals surface area contributed by atoms with Gasteiger partial charge < -0.3 is 19.5 Å². The first-order valence-corrected chi connectivity index (χ1v) is 11.3. The van der Waals surface area contributed by atoms with Crippen LogP contribution in [-0.2, 0) is 9.59 Å². The molecule has 1 amide bonds. The number of aliphatic hydroxyl groups is 1. The van der Waals surface area contributed by atoms with Gasteiger partial charge in [-0.1, -0.05) is 31.9 Å². The fraction of sp³-hybridized carbons (Fsp3) is 0.385. The third kappa shape index (κ3) is 4.96. The summed E-state index contributed by atoms with van der Waals surface area (Å²) < 4.78 is 11.0. The molecule has 1 fully saturated rings. The number of hydrogen-bond donors (Lipinski definition) is 1. The Morgan fingerprint density at radius 3 is 1.97 bits per heavy atom. The van der Waals surface area contributed by atoms with Crippen LogP contribution in [0, 0.1) is 0 Å². The zero-order valence-corrected chi connectivity index (χ0v) is 19.0. The Balaban J connectivity index is 2.04. The fourth-order valence-electron chi connectivity index (χ4n) is 3.93. The minimum Gasteiger partial charge on any atom is -0.507 e. The summed E-state index contributed by atoms with van der Waals surface area (Å²) in [4.78, 5) is 27.5. The summed E-state index contributed by atoms with van der Waals surface area (Å²) >= 11 is 0. The van der Waals surface area contributed by atoms with Crippen LogP contribution in [0.5, 0.6) is 11.5 Å². The Kier molecular flexibility index (Phi) is 7.92. The molecule has 1 aliphatic rings. The number of likely N-dealkylation sites (tertiary alicyclic amines) is 1. The number of ether oxygens (including phenoxy) is 2. The zero-order valence-electron chi connectivity index (χ0n) is 19.0. The Labute approximate surface area is 189 Å². The summed E-state index contributed by atoms with van der Waals surface area (Å²) in [6.07, 6.45) is 2.75. The molecule has 1 atom stereocenters. The molecule has 0 aliphatic carbocycles. The molecule has 2 aromatic carbocycles. The number of hydrogen-bond acceptors (Lipinski definition) is 5. The van der Waals surface area contributed by atoms with Gasteiger partial charge in [-0.2, -0.15) is 0 Å². The lowest BCUT2D eigenvalue weighted by atomic mass is 9.95.